The summed E-state index contributed by atoms with van der Waals surface area (Å²) in [5.41, 5.74) is -0.381. The van der Waals surface area contributed by atoms with E-state index in [0.717, 1.165) is 32.6 Å². The van der Waals surface area contributed by atoms with Crippen molar-refractivity contribution in [1.29, 1.82) is 0 Å². The van der Waals surface area contributed by atoms with E-state index in [9.17, 15) is 5.11 Å². The van der Waals surface area contributed by atoms with Gasteiger partial charge in [0, 0.05) is 19.6 Å². The van der Waals surface area contributed by atoms with E-state index in [-0.39, 0.29) is 23.3 Å². The van der Waals surface area contributed by atoms with Crippen LogP contribution in [0, 0.1) is 5.92 Å². The summed E-state index contributed by atoms with van der Waals surface area (Å²) in [5, 5.41) is 13.7. The van der Waals surface area contributed by atoms with Crippen LogP contribution in [-0.4, -0.2) is 59.5 Å². The Morgan fingerprint density at radius 3 is 2.19 bits per heavy atom. The third kappa shape index (κ3) is 4.41. The van der Waals surface area contributed by atoms with Crippen LogP contribution >= 0.6 is 0 Å². The highest BCUT2D eigenvalue weighted by Gasteiger charge is 2.48. The van der Waals surface area contributed by atoms with Crippen molar-refractivity contribution < 1.29 is 9.84 Å². The molecule has 1 unspecified atom stereocenters. The molecule has 2 fully saturated rings. The van der Waals surface area contributed by atoms with Gasteiger partial charge >= 0.3 is 0 Å². The Bertz CT molecular complexity index is 337. The van der Waals surface area contributed by atoms with Crippen LogP contribution < -0.4 is 5.32 Å². The summed E-state index contributed by atoms with van der Waals surface area (Å²) in [7, 11) is 0. The zero-order chi connectivity index (χ0) is 15.7. The average molecular weight is 298 g/mol. The highest BCUT2D eigenvalue weighted by Crippen LogP contribution is 2.41. The molecule has 2 aliphatic rings. The predicted molar refractivity (Wildman–Crippen MR) is 86.5 cm³/mol. The van der Waals surface area contributed by atoms with Crippen molar-refractivity contribution in [2.24, 2.45) is 5.92 Å². The number of nitrogens with one attached hydrogen (secondary N) is 1. The van der Waals surface area contributed by atoms with Gasteiger partial charge in [0.1, 0.15) is 0 Å². The minimum atomic E-state index is -0.128. The van der Waals surface area contributed by atoms with Crippen molar-refractivity contribution in [2.45, 2.75) is 70.6 Å². The number of aliphatic hydroxyl groups excluding tert-OH is 1. The van der Waals surface area contributed by atoms with Gasteiger partial charge in [-0.1, -0.05) is 6.92 Å². The van der Waals surface area contributed by atoms with E-state index in [1.165, 1.54) is 12.8 Å². The maximum absolute atomic E-state index is 10.1. The number of ether oxygens (including phenoxy) is 1. The summed E-state index contributed by atoms with van der Waals surface area (Å²) in [4.78, 5) is 2.49. The van der Waals surface area contributed by atoms with E-state index >= 15 is 0 Å². The number of nitrogens with zero attached hydrogens (tertiary/aromatic N) is 1. The molecule has 0 amide bonds. The molecular weight excluding hydrogens is 264 g/mol. The van der Waals surface area contributed by atoms with Crippen molar-refractivity contribution in [3.05, 3.63) is 0 Å². The Balaban J connectivity index is 2.08. The second kappa shape index (κ2) is 6.15. The molecule has 4 heteroatoms. The van der Waals surface area contributed by atoms with E-state index in [0.29, 0.717) is 5.92 Å². The first-order valence-electron chi connectivity index (χ1n) is 8.50. The Kier molecular flexibility index (Phi) is 5.04. The standard InChI is InChI=1S/C17H34N2O2/c1-6-9-18-17(13-20,14-7-8-14)12-19-10-15(2,3)21-16(4,5)11-19/h14,18,20H,6-13H2,1-5H3. The van der Waals surface area contributed by atoms with Gasteiger partial charge in [-0.05, 0) is 59.4 Å². The fourth-order valence-corrected chi connectivity index (χ4v) is 4.03. The highest BCUT2D eigenvalue weighted by atomic mass is 16.5. The first-order chi connectivity index (χ1) is 9.72. The molecule has 2 rings (SSSR count). The van der Waals surface area contributed by atoms with Crippen LogP contribution in [-0.2, 0) is 4.74 Å². The number of rotatable bonds is 7. The van der Waals surface area contributed by atoms with E-state index in [2.05, 4.69) is 44.8 Å². The largest absolute Gasteiger partial charge is 0.394 e. The molecule has 0 radical (unpaired) electrons. The molecule has 0 aromatic heterocycles. The molecule has 1 aliphatic carbocycles. The molecule has 0 spiro atoms. The van der Waals surface area contributed by atoms with Gasteiger partial charge in [0.25, 0.3) is 0 Å². The zero-order valence-electron chi connectivity index (χ0n) is 14.5. The molecule has 1 aliphatic heterocycles. The first-order valence-corrected chi connectivity index (χ1v) is 8.50. The van der Waals surface area contributed by atoms with Crippen molar-refractivity contribution in [1.82, 2.24) is 10.2 Å². The second-order valence-corrected chi connectivity index (χ2v) is 8.28. The lowest BCUT2D eigenvalue weighted by Crippen LogP contribution is -2.64. The van der Waals surface area contributed by atoms with Gasteiger partial charge < -0.3 is 15.2 Å². The predicted octanol–water partition coefficient (Wildman–Crippen LogP) is 2.02. The van der Waals surface area contributed by atoms with Gasteiger partial charge in [-0.15, -0.1) is 0 Å². The number of aliphatic hydroxyl groups is 1. The van der Waals surface area contributed by atoms with Crippen molar-refractivity contribution in [3.8, 4) is 0 Å². The van der Waals surface area contributed by atoms with Gasteiger partial charge in [-0.25, -0.2) is 0 Å². The number of morpholine rings is 1. The summed E-state index contributed by atoms with van der Waals surface area (Å²) >= 11 is 0. The van der Waals surface area contributed by atoms with Gasteiger partial charge in [0.15, 0.2) is 0 Å². The van der Waals surface area contributed by atoms with Gasteiger partial charge in [-0.3, -0.25) is 4.90 Å². The molecule has 124 valence electrons. The molecule has 1 heterocycles. The maximum atomic E-state index is 10.1. The molecule has 2 N–H and O–H groups in total. The highest BCUT2D eigenvalue weighted by molar-refractivity contribution is 5.04. The number of hydrogen-bond donors (Lipinski definition) is 2. The van der Waals surface area contributed by atoms with Crippen LogP contribution in [0.5, 0.6) is 0 Å². The first kappa shape index (κ1) is 17.2. The summed E-state index contributed by atoms with van der Waals surface area (Å²) < 4.78 is 6.17. The quantitative estimate of drug-likeness (QED) is 0.755. The van der Waals surface area contributed by atoms with Crippen LogP contribution in [0.4, 0.5) is 0 Å². The molecule has 1 atom stereocenters. The van der Waals surface area contributed by atoms with Crippen molar-refractivity contribution >= 4 is 0 Å². The fourth-order valence-electron chi connectivity index (χ4n) is 4.03. The molecule has 21 heavy (non-hydrogen) atoms. The minimum Gasteiger partial charge on any atom is -0.394 e. The lowest BCUT2D eigenvalue weighted by atomic mass is 9.90. The summed E-state index contributed by atoms with van der Waals surface area (Å²) in [5.74, 6) is 0.628. The molecule has 1 saturated heterocycles. The van der Waals surface area contributed by atoms with Gasteiger partial charge in [0.05, 0.1) is 23.3 Å². The molecule has 0 bridgehead atoms. The maximum Gasteiger partial charge on any atom is 0.0760 e. The SMILES string of the molecule is CCCNC(CO)(CN1CC(C)(C)OC(C)(C)C1)C1CC1. The topological polar surface area (TPSA) is 44.7 Å². The summed E-state index contributed by atoms with van der Waals surface area (Å²) in [6.45, 7) is 14.8. The van der Waals surface area contributed by atoms with Crippen molar-refractivity contribution in [2.75, 3.05) is 32.8 Å². The zero-order valence-corrected chi connectivity index (χ0v) is 14.5. The van der Waals surface area contributed by atoms with Gasteiger partial charge in [-0.2, -0.15) is 0 Å². The second-order valence-electron chi connectivity index (χ2n) is 8.28. The molecule has 4 nitrogen and oxygen atoms in total. The lowest BCUT2D eigenvalue weighted by Gasteiger charge is -2.50. The Morgan fingerprint density at radius 1 is 1.19 bits per heavy atom. The van der Waals surface area contributed by atoms with Crippen LogP contribution in [0.25, 0.3) is 0 Å². The molecular formula is C17H34N2O2. The molecule has 1 saturated carbocycles. The Hall–Kier alpha value is -0.160. The van der Waals surface area contributed by atoms with E-state index < -0.39 is 0 Å². The van der Waals surface area contributed by atoms with E-state index in [1.54, 1.807) is 0 Å². The lowest BCUT2D eigenvalue weighted by molar-refractivity contribution is -0.184. The van der Waals surface area contributed by atoms with Gasteiger partial charge in [0.2, 0.25) is 0 Å². The average Bonchev–Trinajstić information content (AvgIpc) is 3.15. The summed E-state index contributed by atoms with van der Waals surface area (Å²) in [6, 6.07) is 0. The number of hydrogen-bond acceptors (Lipinski definition) is 4. The third-order valence-electron chi connectivity index (χ3n) is 4.64. The smallest absolute Gasteiger partial charge is 0.0760 e. The normalized spacial score (nSPS) is 28.3. The van der Waals surface area contributed by atoms with Crippen LogP contribution in [0.1, 0.15) is 53.9 Å². The van der Waals surface area contributed by atoms with Crippen LogP contribution in [0.15, 0.2) is 0 Å². The van der Waals surface area contributed by atoms with Crippen LogP contribution in [0.3, 0.4) is 0 Å². The minimum absolute atomic E-state index is 0.125. The summed E-state index contributed by atoms with van der Waals surface area (Å²) in [6.07, 6.45) is 3.59. The van der Waals surface area contributed by atoms with Crippen molar-refractivity contribution in [3.63, 3.8) is 0 Å². The monoisotopic (exact) mass is 298 g/mol. The fraction of sp³-hybridized carbons (Fsp3) is 1.00. The third-order valence-corrected chi connectivity index (χ3v) is 4.64. The molecule has 0 aromatic rings. The Labute approximate surface area is 130 Å². The van der Waals surface area contributed by atoms with Crippen LogP contribution in [0.2, 0.25) is 0 Å². The van der Waals surface area contributed by atoms with E-state index in [1.807, 2.05) is 0 Å². The molecule has 0 aromatic carbocycles. The Morgan fingerprint density at radius 2 is 1.76 bits per heavy atom. The van der Waals surface area contributed by atoms with E-state index in [4.69, 9.17) is 4.74 Å².